The monoisotopic (exact) mass is 288 g/mol. The van der Waals surface area contributed by atoms with Crippen LogP contribution in [-0.4, -0.2) is 34.2 Å². The molecule has 112 valence electrons. The number of carbonyl (C=O) groups is 1. The normalized spacial score (nSPS) is 10.3. The molecule has 21 heavy (non-hydrogen) atoms. The number of nitrogens with one attached hydrogen (secondary N) is 2. The van der Waals surface area contributed by atoms with Crippen LogP contribution in [0.15, 0.2) is 30.6 Å². The maximum atomic E-state index is 12.0. The van der Waals surface area contributed by atoms with Gasteiger partial charge in [-0.25, -0.2) is 4.98 Å². The number of hydrogen-bond acceptors (Lipinski definition) is 4. The van der Waals surface area contributed by atoms with Crippen LogP contribution in [0.4, 0.5) is 0 Å². The first-order valence-electron chi connectivity index (χ1n) is 7.15. The standard InChI is InChI=1S/C15H20N4O2/c1-2-9-21-13-6-3-5-12(10-13)15(20)16-8-4-7-14-17-11-18-19-14/h3,5-6,10-11H,2,4,7-9H2,1H3,(H,16,20)(H,17,18,19). The molecule has 2 N–H and O–H groups in total. The fraction of sp³-hybridized carbons (Fsp3) is 0.400. The average molecular weight is 288 g/mol. The highest BCUT2D eigenvalue weighted by Gasteiger charge is 2.06. The molecule has 0 fully saturated rings. The lowest BCUT2D eigenvalue weighted by molar-refractivity contribution is 0.0952. The van der Waals surface area contributed by atoms with Gasteiger partial charge in [0.2, 0.25) is 0 Å². The smallest absolute Gasteiger partial charge is 0.251 e. The Labute approximate surface area is 123 Å². The van der Waals surface area contributed by atoms with Crippen LogP contribution in [0.25, 0.3) is 0 Å². The van der Waals surface area contributed by atoms with E-state index in [2.05, 4.69) is 20.5 Å². The zero-order valence-electron chi connectivity index (χ0n) is 12.1. The van der Waals surface area contributed by atoms with Gasteiger partial charge in [0.1, 0.15) is 17.9 Å². The second-order valence-electron chi connectivity index (χ2n) is 4.67. The Morgan fingerprint density at radius 3 is 3.10 bits per heavy atom. The van der Waals surface area contributed by atoms with Gasteiger partial charge < -0.3 is 10.1 Å². The van der Waals surface area contributed by atoms with Gasteiger partial charge in [-0.15, -0.1) is 0 Å². The summed E-state index contributed by atoms with van der Waals surface area (Å²) in [5.41, 5.74) is 0.614. The molecule has 0 spiro atoms. The van der Waals surface area contributed by atoms with E-state index in [-0.39, 0.29) is 5.91 Å². The Kier molecular flexibility index (Phi) is 5.75. The molecule has 0 bridgehead atoms. The van der Waals surface area contributed by atoms with Crippen LogP contribution in [0.5, 0.6) is 5.75 Å². The van der Waals surface area contributed by atoms with E-state index in [1.54, 1.807) is 12.1 Å². The highest BCUT2D eigenvalue weighted by atomic mass is 16.5. The van der Waals surface area contributed by atoms with Gasteiger partial charge in [-0.2, -0.15) is 5.10 Å². The van der Waals surface area contributed by atoms with E-state index < -0.39 is 0 Å². The Morgan fingerprint density at radius 2 is 2.33 bits per heavy atom. The molecular weight excluding hydrogens is 268 g/mol. The van der Waals surface area contributed by atoms with Crippen molar-refractivity contribution in [2.75, 3.05) is 13.2 Å². The number of rotatable bonds is 8. The van der Waals surface area contributed by atoms with Gasteiger partial charge in [-0.3, -0.25) is 9.89 Å². The number of carbonyl (C=O) groups excluding carboxylic acids is 1. The first-order valence-corrected chi connectivity index (χ1v) is 7.15. The third-order valence-electron chi connectivity index (χ3n) is 2.91. The maximum absolute atomic E-state index is 12.0. The molecule has 1 aromatic heterocycles. The van der Waals surface area contributed by atoms with Crippen molar-refractivity contribution in [1.82, 2.24) is 20.5 Å². The van der Waals surface area contributed by atoms with E-state index in [4.69, 9.17) is 4.74 Å². The predicted molar refractivity (Wildman–Crippen MR) is 79.3 cm³/mol. The summed E-state index contributed by atoms with van der Waals surface area (Å²) in [6.45, 7) is 3.30. The van der Waals surface area contributed by atoms with Crippen LogP contribution < -0.4 is 10.1 Å². The number of aromatic nitrogens is 3. The maximum Gasteiger partial charge on any atom is 0.251 e. The summed E-state index contributed by atoms with van der Waals surface area (Å²) >= 11 is 0. The van der Waals surface area contributed by atoms with E-state index in [1.807, 2.05) is 19.1 Å². The molecule has 1 aromatic carbocycles. The van der Waals surface area contributed by atoms with Crippen molar-refractivity contribution in [2.24, 2.45) is 0 Å². The molecule has 0 saturated carbocycles. The van der Waals surface area contributed by atoms with E-state index >= 15 is 0 Å². The lowest BCUT2D eigenvalue weighted by Gasteiger charge is -2.07. The van der Waals surface area contributed by atoms with Crippen molar-refractivity contribution >= 4 is 5.91 Å². The van der Waals surface area contributed by atoms with Gasteiger partial charge >= 0.3 is 0 Å². The summed E-state index contributed by atoms with van der Waals surface area (Å²) in [7, 11) is 0. The first kappa shape index (κ1) is 15.0. The highest BCUT2D eigenvalue weighted by molar-refractivity contribution is 5.94. The highest BCUT2D eigenvalue weighted by Crippen LogP contribution is 2.13. The molecule has 6 nitrogen and oxygen atoms in total. The molecule has 0 unspecified atom stereocenters. The second-order valence-corrected chi connectivity index (χ2v) is 4.67. The summed E-state index contributed by atoms with van der Waals surface area (Å²) in [4.78, 5) is 16.1. The zero-order chi connectivity index (χ0) is 14.9. The minimum Gasteiger partial charge on any atom is -0.494 e. The van der Waals surface area contributed by atoms with Gasteiger partial charge in [-0.05, 0) is 31.0 Å². The first-order chi connectivity index (χ1) is 10.3. The van der Waals surface area contributed by atoms with Crippen LogP contribution in [-0.2, 0) is 6.42 Å². The van der Waals surface area contributed by atoms with Crippen molar-refractivity contribution in [2.45, 2.75) is 26.2 Å². The number of aryl methyl sites for hydroxylation is 1. The summed E-state index contributed by atoms with van der Waals surface area (Å²) in [5, 5.41) is 9.46. The minimum absolute atomic E-state index is 0.0884. The van der Waals surface area contributed by atoms with Gasteiger partial charge in [-0.1, -0.05) is 13.0 Å². The average Bonchev–Trinajstić information content (AvgIpc) is 3.03. The van der Waals surface area contributed by atoms with Crippen molar-refractivity contribution in [3.8, 4) is 5.75 Å². The van der Waals surface area contributed by atoms with Crippen LogP contribution in [0.3, 0.4) is 0 Å². The number of nitrogens with zero attached hydrogens (tertiary/aromatic N) is 2. The summed E-state index contributed by atoms with van der Waals surface area (Å²) < 4.78 is 5.52. The third kappa shape index (κ3) is 4.91. The number of hydrogen-bond donors (Lipinski definition) is 2. The van der Waals surface area contributed by atoms with E-state index in [0.717, 1.165) is 30.8 Å². The van der Waals surface area contributed by atoms with Crippen molar-refractivity contribution in [1.29, 1.82) is 0 Å². The molecule has 0 radical (unpaired) electrons. The molecule has 0 aliphatic heterocycles. The Balaban J connectivity index is 1.77. The number of aromatic amines is 1. The number of amides is 1. The van der Waals surface area contributed by atoms with Crippen LogP contribution >= 0.6 is 0 Å². The molecule has 1 heterocycles. The number of ether oxygens (including phenoxy) is 1. The number of benzene rings is 1. The van der Waals surface area contributed by atoms with Crippen LogP contribution in [0.1, 0.15) is 35.9 Å². The molecule has 0 saturated heterocycles. The van der Waals surface area contributed by atoms with Crippen molar-refractivity contribution in [3.63, 3.8) is 0 Å². The van der Waals surface area contributed by atoms with Gasteiger partial charge in [0, 0.05) is 18.5 Å². The minimum atomic E-state index is -0.0884. The van der Waals surface area contributed by atoms with Gasteiger partial charge in [0.05, 0.1) is 6.61 Å². The molecule has 1 amide bonds. The molecule has 0 aliphatic carbocycles. The fourth-order valence-corrected chi connectivity index (χ4v) is 1.86. The van der Waals surface area contributed by atoms with Gasteiger partial charge in [0.15, 0.2) is 0 Å². The molecule has 2 aromatic rings. The van der Waals surface area contributed by atoms with Crippen molar-refractivity contribution < 1.29 is 9.53 Å². The summed E-state index contributed by atoms with van der Waals surface area (Å²) in [6, 6.07) is 7.23. The Bertz CT molecular complexity index is 555. The summed E-state index contributed by atoms with van der Waals surface area (Å²) in [6.07, 6.45) is 4.00. The molecular formula is C15H20N4O2. The van der Waals surface area contributed by atoms with Gasteiger partial charge in [0.25, 0.3) is 5.91 Å². The lowest BCUT2D eigenvalue weighted by atomic mass is 10.2. The van der Waals surface area contributed by atoms with Crippen LogP contribution in [0.2, 0.25) is 0 Å². The zero-order valence-corrected chi connectivity index (χ0v) is 12.1. The SMILES string of the molecule is CCCOc1cccc(C(=O)NCCCc2ncn[nH]2)c1. The molecule has 0 atom stereocenters. The lowest BCUT2D eigenvalue weighted by Crippen LogP contribution is -2.24. The van der Waals surface area contributed by atoms with E-state index in [9.17, 15) is 4.79 Å². The fourth-order valence-electron chi connectivity index (χ4n) is 1.86. The van der Waals surface area contributed by atoms with Crippen LogP contribution in [0, 0.1) is 0 Å². The Hall–Kier alpha value is -2.37. The predicted octanol–water partition coefficient (Wildman–Crippen LogP) is 1.96. The quantitative estimate of drug-likeness (QED) is 0.728. The Morgan fingerprint density at radius 1 is 1.43 bits per heavy atom. The summed E-state index contributed by atoms with van der Waals surface area (Å²) in [5.74, 6) is 1.47. The molecule has 2 rings (SSSR count). The topological polar surface area (TPSA) is 79.9 Å². The number of H-pyrrole nitrogens is 1. The van der Waals surface area contributed by atoms with E-state index in [1.165, 1.54) is 6.33 Å². The van der Waals surface area contributed by atoms with Crippen molar-refractivity contribution in [3.05, 3.63) is 42.0 Å². The largest absolute Gasteiger partial charge is 0.494 e. The van der Waals surface area contributed by atoms with E-state index in [0.29, 0.717) is 18.7 Å². The molecule has 0 aliphatic rings. The molecule has 6 heteroatoms. The second kappa shape index (κ2) is 8.04. The third-order valence-corrected chi connectivity index (χ3v) is 2.91.